The molecule has 0 aliphatic carbocycles. The number of hydrogen-bond acceptors (Lipinski definition) is 4. The summed E-state index contributed by atoms with van der Waals surface area (Å²) in [5.41, 5.74) is 0.893. The largest absolute Gasteiger partial charge is 0.573 e. The van der Waals surface area contributed by atoms with E-state index in [2.05, 4.69) is 10.1 Å². The molecular weight excluding hydrogens is 471 g/mol. The van der Waals surface area contributed by atoms with E-state index < -0.39 is 12.4 Å². The maximum Gasteiger partial charge on any atom is 0.573 e. The van der Waals surface area contributed by atoms with Gasteiger partial charge in [-0.15, -0.1) is 13.2 Å². The monoisotopic (exact) mass is 497 g/mol. The fourth-order valence-electron chi connectivity index (χ4n) is 3.91. The van der Waals surface area contributed by atoms with Gasteiger partial charge in [0.1, 0.15) is 11.8 Å². The highest BCUT2D eigenvalue weighted by molar-refractivity contribution is 6.33. The summed E-state index contributed by atoms with van der Waals surface area (Å²) in [4.78, 5) is 29.2. The van der Waals surface area contributed by atoms with Crippen LogP contribution < -0.4 is 10.1 Å². The number of piperidine rings is 1. The molecule has 0 radical (unpaired) electrons. The summed E-state index contributed by atoms with van der Waals surface area (Å²) in [5, 5.41) is 2.95. The van der Waals surface area contributed by atoms with E-state index in [1.54, 1.807) is 17.0 Å². The summed E-state index contributed by atoms with van der Waals surface area (Å²) >= 11 is 6.37. The topological polar surface area (TPSA) is 61.9 Å². The average molecular weight is 498 g/mol. The number of halogens is 4. The lowest BCUT2D eigenvalue weighted by Gasteiger charge is -2.35. The molecule has 0 bridgehead atoms. The number of amides is 2. The van der Waals surface area contributed by atoms with Gasteiger partial charge in [0.05, 0.1) is 5.02 Å². The van der Waals surface area contributed by atoms with Crippen molar-refractivity contribution in [2.45, 2.75) is 38.1 Å². The first-order valence-corrected chi connectivity index (χ1v) is 11.3. The van der Waals surface area contributed by atoms with Crippen LogP contribution in [-0.4, -0.2) is 61.2 Å². The molecule has 1 heterocycles. The molecule has 0 spiro atoms. The zero-order chi connectivity index (χ0) is 24.9. The minimum atomic E-state index is -4.84. The van der Waals surface area contributed by atoms with E-state index in [9.17, 15) is 22.8 Å². The lowest BCUT2D eigenvalue weighted by Crippen LogP contribution is -2.50. The summed E-state index contributed by atoms with van der Waals surface area (Å²) in [6.45, 7) is 1.13. The van der Waals surface area contributed by atoms with Gasteiger partial charge in [-0.3, -0.25) is 9.59 Å². The molecule has 1 saturated heterocycles. The number of rotatable bonds is 7. The standard InChI is InChI=1S/C24H27ClF3N3O3/c1-30(2)14-12-22(32)31-13-6-5-8-20(31)23(33)29-16-10-11-17(19(25)15-16)18-7-3-4-9-21(18)34-24(26,27)28/h3-4,7,9-11,15,20H,5-6,8,12-14H2,1-2H3,(H,29,33)/t20-/m1/s1. The first-order chi connectivity index (χ1) is 16.0. The average Bonchev–Trinajstić information content (AvgIpc) is 2.77. The fraction of sp³-hybridized carbons (Fsp3) is 0.417. The minimum absolute atomic E-state index is 0.0665. The first-order valence-electron chi connectivity index (χ1n) is 10.9. The van der Waals surface area contributed by atoms with Gasteiger partial charge in [-0.2, -0.15) is 0 Å². The molecule has 34 heavy (non-hydrogen) atoms. The zero-order valence-corrected chi connectivity index (χ0v) is 19.7. The van der Waals surface area contributed by atoms with Gasteiger partial charge in [0.2, 0.25) is 11.8 Å². The molecule has 184 valence electrons. The van der Waals surface area contributed by atoms with E-state index in [4.69, 9.17) is 11.6 Å². The van der Waals surface area contributed by atoms with Gasteiger partial charge in [0.25, 0.3) is 0 Å². The third kappa shape index (κ3) is 6.87. The van der Waals surface area contributed by atoms with Crippen LogP contribution in [0.25, 0.3) is 11.1 Å². The third-order valence-electron chi connectivity index (χ3n) is 5.54. The van der Waals surface area contributed by atoms with Crippen LogP contribution in [0.4, 0.5) is 18.9 Å². The first kappa shape index (κ1) is 25.8. The molecule has 10 heteroatoms. The van der Waals surface area contributed by atoms with Crippen molar-refractivity contribution in [1.29, 1.82) is 0 Å². The Labute approximate surface area is 201 Å². The van der Waals surface area contributed by atoms with Crippen molar-refractivity contribution in [3.05, 3.63) is 47.5 Å². The summed E-state index contributed by atoms with van der Waals surface area (Å²) in [6, 6.07) is 9.67. The van der Waals surface area contributed by atoms with Crippen LogP contribution in [0.5, 0.6) is 5.75 Å². The summed E-state index contributed by atoms with van der Waals surface area (Å²) < 4.78 is 42.4. The number of para-hydroxylation sites is 1. The minimum Gasteiger partial charge on any atom is -0.405 e. The van der Waals surface area contributed by atoms with Gasteiger partial charge in [-0.1, -0.05) is 35.9 Å². The predicted octanol–water partition coefficient (Wildman–Crippen LogP) is 5.18. The molecule has 1 aliphatic heterocycles. The second-order valence-electron chi connectivity index (χ2n) is 8.38. The van der Waals surface area contributed by atoms with Crippen LogP contribution in [0.1, 0.15) is 25.7 Å². The molecular formula is C24H27ClF3N3O3. The van der Waals surface area contributed by atoms with E-state index in [-0.39, 0.29) is 28.1 Å². The number of nitrogens with one attached hydrogen (secondary N) is 1. The molecule has 2 aromatic carbocycles. The van der Waals surface area contributed by atoms with Gasteiger partial charge < -0.3 is 19.9 Å². The van der Waals surface area contributed by atoms with Crippen LogP contribution >= 0.6 is 11.6 Å². The molecule has 6 nitrogen and oxygen atoms in total. The highest BCUT2D eigenvalue weighted by atomic mass is 35.5. The van der Waals surface area contributed by atoms with Gasteiger partial charge >= 0.3 is 6.36 Å². The van der Waals surface area contributed by atoms with Crippen LogP contribution in [0.15, 0.2) is 42.5 Å². The van der Waals surface area contributed by atoms with Crippen LogP contribution in [0.3, 0.4) is 0 Å². The Morgan fingerprint density at radius 3 is 2.56 bits per heavy atom. The maximum absolute atomic E-state index is 13.0. The Kier molecular flexibility index (Phi) is 8.43. The number of likely N-dealkylation sites (tertiary alicyclic amines) is 1. The third-order valence-corrected chi connectivity index (χ3v) is 5.85. The molecule has 0 unspecified atom stereocenters. The van der Waals surface area contributed by atoms with Crippen molar-refractivity contribution in [1.82, 2.24) is 9.80 Å². The van der Waals surface area contributed by atoms with E-state index >= 15 is 0 Å². The number of hydrogen-bond donors (Lipinski definition) is 1. The van der Waals surface area contributed by atoms with Crippen molar-refractivity contribution in [3.8, 4) is 16.9 Å². The van der Waals surface area contributed by atoms with Crippen molar-refractivity contribution in [2.75, 3.05) is 32.5 Å². The number of carbonyl (C=O) groups is 2. The number of anilines is 1. The van der Waals surface area contributed by atoms with Gasteiger partial charge in [0, 0.05) is 36.3 Å². The maximum atomic E-state index is 13.0. The molecule has 1 N–H and O–H groups in total. The number of ether oxygens (including phenoxy) is 1. The van der Waals surface area contributed by atoms with E-state index in [1.165, 1.54) is 30.3 Å². The zero-order valence-electron chi connectivity index (χ0n) is 19.0. The summed E-state index contributed by atoms with van der Waals surface area (Å²) in [7, 11) is 3.77. The lowest BCUT2D eigenvalue weighted by atomic mass is 10.0. The molecule has 0 saturated carbocycles. The lowest BCUT2D eigenvalue weighted by molar-refractivity contribution is -0.274. The molecule has 1 fully saturated rings. The SMILES string of the molecule is CN(C)CCC(=O)N1CCCC[C@@H]1C(=O)Nc1ccc(-c2ccccc2OC(F)(F)F)c(Cl)c1. The van der Waals surface area contributed by atoms with Gasteiger partial charge in [-0.05, 0) is 51.6 Å². The van der Waals surface area contributed by atoms with E-state index in [1.807, 2.05) is 19.0 Å². The van der Waals surface area contributed by atoms with Crippen LogP contribution in [0.2, 0.25) is 5.02 Å². The highest BCUT2D eigenvalue weighted by Gasteiger charge is 2.33. The van der Waals surface area contributed by atoms with Crippen LogP contribution in [0, 0.1) is 0 Å². The van der Waals surface area contributed by atoms with Gasteiger partial charge in [0.15, 0.2) is 0 Å². The molecule has 3 rings (SSSR count). The number of nitrogens with zero attached hydrogens (tertiary/aromatic N) is 2. The predicted molar refractivity (Wildman–Crippen MR) is 125 cm³/mol. The Balaban J connectivity index is 1.75. The molecule has 1 atom stereocenters. The molecule has 2 amide bonds. The number of benzene rings is 2. The van der Waals surface area contributed by atoms with Crippen molar-refractivity contribution in [3.63, 3.8) is 0 Å². The Morgan fingerprint density at radius 2 is 1.88 bits per heavy atom. The van der Waals surface area contributed by atoms with Crippen molar-refractivity contribution < 1.29 is 27.5 Å². The quantitative estimate of drug-likeness (QED) is 0.573. The molecule has 2 aromatic rings. The summed E-state index contributed by atoms with van der Waals surface area (Å²) in [5.74, 6) is -0.756. The Hall–Kier alpha value is -2.78. The number of alkyl halides is 3. The smallest absolute Gasteiger partial charge is 0.405 e. The van der Waals surface area contributed by atoms with Crippen LogP contribution in [-0.2, 0) is 9.59 Å². The summed E-state index contributed by atoms with van der Waals surface area (Å²) in [6.07, 6.45) is -2.26. The number of carbonyl (C=O) groups excluding carboxylic acids is 2. The van der Waals surface area contributed by atoms with Gasteiger partial charge in [-0.25, -0.2) is 0 Å². The van der Waals surface area contributed by atoms with E-state index in [0.29, 0.717) is 37.2 Å². The normalized spacial score (nSPS) is 16.4. The molecule has 0 aromatic heterocycles. The van der Waals surface area contributed by atoms with Crippen molar-refractivity contribution in [2.24, 2.45) is 0 Å². The van der Waals surface area contributed by atoms with Crippen molar-refractivity contribution >= 4 is 29.1 Å². The molecule has 1 aliphatic rings. The highest BCUT2D eigenvalue weighted by Crippen LogP contribution is 2.38. The van der Waals surface area contributed by atoms with E-state index in [0.717, 1.165) is 12.8 Å². The Bertz CT molecular complexity index is 1030. The second-order valence-corrected chi connectivity index (χ2v) is 8.79. The fourth-order valence-corrected chi connectivity index (χ4v) is 4.19. The Morgan fingerprint density at radius 1 is 1.15 bits per heavy atom. The second kappa shape index (κ2) is 11.1.